The van der Waals surface area contributed by atoms with E-state index >= 15 is 0 Å². The van der Waals surface area contributed by atoms with Crippen LogP contribution in [0.25, 0.3) is 21.8 Å². The van der Waals surface area contributed by atoms with Gasteiger partial charge < -0.3 is 9.67 Å². The van der Waals surface area contributed by atoms with Gasteiger partial charge in [0.05, 0.1) is 24.9 Å². The predicted octanol–water partition coefficient (Wildman–Crippen LogP) is 2.69. The summed E-state index contributed by atoms with van der Waals surface area (Å²) >= 11 is 3.58. The largest absolute Gasteiger partial charge is 0.389 e. The minimum absolute atomic E-state index is 0.489. The summed E-state index contributed by atoms with van der Waals surface area (Å²) in [6.07, 6.45) is -0.517. The summed E-state index contributed by atoms with van der Waals surface area (Å²) in [5, 5.41) is 17.6. The molecule has 2 aromatic heterocycles. The molecule has 6 heteroatoms. The van der Waals surface area contributed by atoms with Crippen LogP contribution in [0.4, 0.5) is 0 Å². The van der Waals surface area contributed by atoms with Gasteiger partial charge in [0, 0.05) is 32.0 Å². The normalized spacial score (nSPS) is 12.9. The van der Waals surface area contributed by atoms with Crippen molar-refractivity contribution >= 4 is 51.0 Å². The number of benzene rings is 2. The molecule has 2 heterocycles. The van der Waals surface area contributed by atoms with E-state index in [1.54, 1.807) is 0 Å². The zero-order chi connectivity index (χ0) is 18.4. The van der Waals surface area contributed by atoms with Crippen molar-refractivity contribution in [1.29, 1.82) is 0 Å². The summed E-state index contributed by atoms with van der Waals surface area (Å²) in [5.41, 5.74) is 5.58. The van der Waals surface area contributed by atoms with Crippen molar-refractivity contribution in [3.05, 3.63) is 58.3 Å². The van der Waals surface area contributed by atoms with Crippen LogP contribution in [-0.2, 0) is 13.1 Å². The molecule has 1 unspecified atom stereocenters. The third-order valence-corrected chi connectivity index (χ3v) is 5.36. The molecule has 0 saturated heterocycles. The first kappa shape index (κ1) is 17.4. The minimum Gasteiger partial charge on any atom is -0.389 e. The Morgan fingerprint density at radius 2 is 1.73 bits per heavy atom. The molecular formula is C20H21BBrN3O. The Bertz CT molecular complexity index is 1060. The number of nitrogens with zero attached hydrogens (tertiary/aromatic N) is 3. The molecule has 0 radical (unpaired) electrons. The highest BCUT2D eigenvalue weighted by atomic mass is 79.9. The fourth-order valence-electron chi connectivity index (χ4n) is 3.71. The molecule has 4 rings (SSSR count). The van der Waals surface area contributed by atoms with E-state index in [0.717, 1.165) is 26.9 Å². The van der Waals surface area contributed by atoms with Gasteiger partial charge in [0.25, 0.3) is 0 Å². The van der Waals surface area contributed by atoms with Crippen LogP contribution >= 0.6 is 15.9 Å². The minimum atomic E-state index is -0.517. The maximum atomic E-state index is 10.7. The molecule has 0 spiro atoms. The molecular weight excluding hydrogens is 389 g/mol. The summed E-state index contributed by atoms with van der Waals surface area (Å²) in [5.74, 6) is 0. The van der Waals surface area contributed by atoms with Gasteiger partial charge in [-0.3, -0.25) is 4.68 Å². The van der Waals surface area contributed by atoms with E-state index in [1.165, 1.54) is 16.2 Å². The van der Waals surface area contributed by atoms with E-state index in [4.69, 9.17) is 0 Å². The molecule has 0 amide bonds. The Morgan fingerprint density at radius 3 is 2.42 bits per heavy atom. The Morgan fingerprint density at radius 1 is 1.04 bits per heavy atom. The van der Waals surface area contributed by atoms with E-state index in [1.807, 2.05) is 24.6 Å². The molecule has 0 aliphatic heterocycles. The van der Waals surface area contributed by atoms with Gasteiger partial charge in [-0.1, -0.05) is 33.5 Å². The highest BCUT2D eigenvalue weighted by Crippen LogP contribution is 2.31. The molecule has 0 bridgehead atoms. The molecule has 4 nitrogen and oxygen atoms in total. The van der Waals surface area contributed by atoms with Crippen molar-refractivity contribution in [2.75, 3.05) is 0 Å². The Balaban J connectivity index is 1.76. The van der Waals surface area contributed by atoms with Gasteiger partial charge in [-0.25, -0.2) is 0 Å². The van der Waals surface area contributed by atoms with Gasteiger partial charge >= 0.3 is 0 Å². The van der Waals surface area contributed by atoms with Gasteiger partial charge in [0.15, 0.2) is 0 Å². The quantitative estimate of drug-likeness (QED) is 0.526. The third-order valence-electron chi connectivity index (χ3n) is 4.86. The first-order chi connectivity index (χ1) is 12.4. The Hall–Kier alpha value is -2.05. The van der Waals surface area contributed by atoms with E-state index < -0.39 is 6.10 Å². The summed E-state index contributed by atoms with van der Waals surface area (Å²) < 4.78 is 5.16. The molecule has 1 N–H and O–H groups in total. The first-order valence-corrected chi connectivity index (χ1v) is 9.59. The summed E-state index contributed by atoms with van der Waals surface area (Å²) in [6, 6.07) is 14.8. The first-order valence-electron chi connectivity index (χ1n) is 8.79. The number of aromatic nitrogens is 3. The van der Waals surface area contributed by atoms with E-state index in [9.17, 15) is 5.11 Å². The lowest BCUT2D eigenvalue weighted by Crippen LogP contribution is -2.23. The number of aliphatic hydroxyl groups is 1. The highest BCUT2D eigenvalue weighted by Gasteiger charge is 2.15. The molecule has 0 aliphatic carbocycles. The SMILES string of the molecule is Bc1ccc2c(c1)c1cc(Br)ccc1n2CC(O)Cn1nc(C)cc1C. The Labute approximate surface area is 162 Å². The van der Waals surface area contributed by atoms with Crippen molar-refractivity contribution in [2.24, 2.45) is 0 Å². The maximum Gasteiger partial charge on any atom is 0.139 e. The van der Waals surface area contributed by atoms with Crippen molar-refractivity contribution < 1.29 is 5.11 Å². The van der Waals surface area contributed by atoms with Gasteiger partial charge in [0.1, 0.15) is 7.85 Å². The lowest BCUT2D eigenvalue weighted by molar-refractivity contribution is 0.132. The average molecular weight is 410 g/mol. The summed E-state index contributed by atoms with van der Waals surface area (Å²) in [4.78, 5) is 0. The van der Waals surface area contributed by atoms with Crippen molar-refractivity contribution in [3.8, 4) is 0 Å². The lowest BCUT2D eigenvalue weighted by atomic mass is 9.94. The van der Waals surface area contributed by atoms with Crippen LogP contribution in [0.2, 0.25) is 0 Å². The monoisotopic (exact) mass is 409 g/mol. The van der Waals surface area contributed by atoms with Crippen LogP contribution in [0.5, 0.6) is 0 Å². The van der Waals surface area contributed by atoms with Gasteiger partial charge in [-0.2, -0.15) is 5.10 Å². The highest BCUT2D eigenvalue weighted by molar-refractivity contribution is 9.10. The van der Waals surface area contributed by atoms with Crippen LogP contribution < -0.4 is 5.46 Å². The Kier molecular flexibility index (Phi) is 4.41. The smallest absolute Gasteiger partial charge is 0.139 e. The fourth-order valence-corrected chi connectivity index (χ4v) is 4.08. The zero-order valence-corrected chi connectivity index (χ0v) is 16.8. The van der Waals surface area contributed by atoms with Crippen molar-refractivity contribution in [2.45, 2.75) is 33.0 Å². The van der Waals surface area contributed by atoms with Gasteiger partial charge in [-0.15, -0.1) is 0 Å². The number of aliphatic hydroxyl groups excluding tert-OH is 1. The van der Waals surface area contributed by atoms with E-state index in [2.05, 4.69) is 69.8 Å². The zero-order valence-electron chi connectivity index (χ0n) is 15.2. The molecule has 1 atom stereocenters. The molecule has 132 valence electrons. The fraction of sp³-hybridized carbons (Fsp3) is 0.250. The number of hydrogen-bond donors (Lipinski definition) is 1. The predicted molar refractivity (Wildman–Crippen MR) is 113 cm³/mol. The molecule has 0 saturated carbocycles. The molecule has 0 aliphatic rings. The van der Waals surface area contributed by atoms with Crippen molar-refractivity contribution in [1.82, 2.24) is 14.3 Å². The molecule has 26 heavy (non-hydrogen) atoms. The van der Waals surface area contributed by atoms with Gasteiger partial charge in [0.2, 0.25) is 0 Å². The number of hydrogen-bond acceptors (Lipinski definition) is 2. The topological polar surface area (TPSA) is 43.0 Å². The van der Waals surface area contributed by atoms with E-state index in [-0.39, 0.29) is 0 Å². The maximum absolute atomic E-state index is 10.7. The van der Waals surface area contributed by atoms with Crippen LogP contribution in [0.1, 0.15) is 11.4 Å². The van der Waals surface area contributed by atoms with Crippen LogP contribution in [0.15, 0.2) is 46.9 Å². The second kappa shape index (κ2) is 6.60. The second-order valence-corrected chi connectivity index (χ2v) is 7.97. The third kappa shape index (κ3) is 3.08. The second-order valence-electron chi connectivity index (χ2n) is 7.06. The van der Waals surface area contributed by atoms with Crippen molar-refractivity contribution in [3.63, 3.8) is 0 Å². The molecule has 0 fully saturated rings. The standard InChI is InChI=1S/C20H21BBrN3O/c1-12-7-13(2)25(23-12)11-16(26)10-24-19-5-3-14(21)8-17(19)18-9-15(22)4-6-20(18)24/h3-9,16,26H,10-11,21H2,1-2H3. The molecule has 2 aromatic carbocycles. The number of fused-ring (bicyclic) bond motifs is 3. The summed E-state index contributed by atoms with van der Waals surface area (Å²) in [7, 11) is 2.11. The van der Waals surface area contributed by atoms with E-state index in [0.29, 0.717) is 13.1 Å². The van der Waals surface area contributed by atoms with Crippen LogP contribution in [0.3, 0.4) is 0 Å². The lowest BCUT2D eigenvalue weighted by Gasteiger charge is -2.15. The average Bonchev–Trinajstić information content (AvgIpc) is 3.04. The number of halogens is 1. The summed E-state index contributed by atoms with van der Waals surface area (Å²) in [6.45, 7) is 5.02. The molecule has 4 aromatic rings. The van der Waals surface area contributed by atoms with Crippen LogP contribution in [-0.4, -0.2) is 33.4 Å². The van der Waals surface area contributed by atoms with Gasteiger partial charge in [-0.05, 0) is 44.2 Å². The number of aryl methyl sites for hydroxylation is 2. The number of rotatable bonds is 4. The van der Waals surface area contributed by atoms with Crippen LogP contribution in [0, 0.1) is 13.8 Å².